The second-order valence-corrected chi connectivity index (χ2v) is 9.11. The van der Waals surface area contributed by atoms with Crippen molar-refractivity contribution >= 4 is 73.7 Å². The Hall–Kier alpha value is -2.72. The molecule has 180 valence electrons. The second kappa shape index (κ2) is 12.1. The van der Waals surface area contributed by atoms with Crippen LogP contribution in [0.1, 0.15) is 33.9 Å². The molecule has 0 bridgehead atoms. The van der Waals surface area contributed by atoms with Crippen LogP contribution in [0, 0.1) is 0 Å². The van der Waals surface area contributed by atoms with Gasteiger partial charge in [0.1, 0.15) is 11.5 Å². The van der Waals surface area contributed by atoms with Gasteiger partial charge in [-0.05, 0) is 67.8 Å². The Morgan fingerprint density at radius 3 is 2.32 bits per heavy atom. The van der Waals surface area contributed by atoms with E-state index >= 15 is 0 Å². The van der Waals surface area contributed by atoms with Crippen LogP contribution in [-0.4, -0.2) is 55.3 Å². The van der Waals surface area contributed by atoms with E-state index in [0.717, 1.165) is 34.6 Å². The van der Waals surface area contributed by atoms with Crippen LogP contribution in [0.5, 0.6) is 0 Å². The molecule has 0 radical (unpaired) electrons. The second-order valence-electron chi connectivity index (χ2n) is 7.27. The average molecular weight is 520 g/mol. The lowest BCUT2D eigenvalue weighted by Gasteiger charge is -2.17. The quantitative estimate of drug-likeness (QED) is 0.277. The molecule has 0 unspecified atom stereocenters. The fourth-order valence-electron chi connectivity index (χ4n) is 3.24. The van der Waals surface area contributed by atoms with Crippen molar-refractivity contribution in [3.05, 3.63) is 57.9 Å². The van der Waals surface area contributed by atoms with Crippen molar-refractivity contribution in [2.75, 3.05) is 44.0 Å². The lowest BCUT2D eigenvalue weighted by Crippen LogP contribution is -2.27. The highest BCUT2D eigenvalue weighted by Gasteiger charge is 2.18. The van der Waals surface area contributed by atoms with Gasteiger partial charge in [-0.1, -0.05) is 25.4 Å². The number of esters is 2. The zero-order valence-electron chi connectivity index (χ0n) is 19.1. The Bertz CT molecular complexity index is 1180. The molecule has 0 saturated heterocycles. The normalized spacial score (nSPS) is 10.9. The molecule has 1 aromatic heterocycles. The number of hydrogen-bond acceptors (Lipinski definition) is 7. The Labute approximate surface area is 213 Å². The molecule has 3 aromatic rings. The van der Waals surface area contributed by atoms with Gasteiger partial charge in [0.25, 0.3) is 0 Å². The molecular formula is C24H26ClN3O4S2. The molecule has 7 nitrogen and oxygen atoms in total. The number of ether oxygens (including phenoxy) is 2. The minimum Gasteiger partial charge on any atom is -0.465 e. The van der Waals surface area contributed by atoms with Gasteiger partial charge in [0.15, 0.2) is 5.11 Å². The van der Waals surface area contributed by atoms with Crippen molar-refractivity contribution in [3.8, 4) is 0 Å². The zero-order chi connectivity index (χ0) is 24.7. The van der Waals surface area contributed by atoms with Gasteiger partial charge in [-0.25, -0.2) is 9.59 Å². The van der Waals surface area contributed by atoms with Gasteiger partial charge in [0.05, 0.1) is 17.7 Å². The summed E-state index contributed by atoms with van der Waals surface area (Å²) in [7, 11) is 1.32. The summed E-state index contributed by atoms with van der Waals surface area (Å²) in [4.78, 5) is 26.7. The van der Waals surface area contributed by atoms with E-state index in [1.165, 1.54) is 18.4 Å². The van der Waals surface area contributed by atoms with Crippen molar-refractivity contribution in [2.45, 2.75) is 13.8 Å². The average Bonchev–Trinajstić information content (AvgIpc) is 3.17. The fraction of sp³-hybridized carbons (Fsp3) is 0.292. The zero-order valence-corrected chi connectivity index (χ0v) is 21.5. The predicted molar refractivity (Wildman–Crippen MR) is 143 cm³/mol. The van der Waals surface area contributed by atoms with Crippen molar-refractivity contribution in [2.24, 2.45) is 0 Å². The van der Waals surface area contributed by atoms with E-state index < -0.39 is 5.97 Å². The van der Waals surface area contributed by atoms with Gasteiger partial charge < -0.3 is 25.0 Å². The van der Waals surface area contributed by atoms with Gasteiger partial charge in [0, 0.05) is 28.0 Å². The number of anilines is 2. The van der Waals surface area contributed by atoms with E-state index in [-0.39, 0.29) is 5.97 Å². The summed E-state index contributed by atoms with van der Waals surface area (Å²) in [6.07, 6.45) is 0. The molecule has 0 aliphatic rings. The first-order valence-corrected chi connectivity index (χ1v) is 12.3. The van der Waals surface area contributed by atoms with Gasteiger partial charge in [-0.15, -0.1) is 11.3 Å². The first-order chi connectivity index (χ1) is 16.4. The number of nitrogens with zero attached hydrogens (tertiary/aromatic N) is 1. The first kappa shape index (κ1) is 25.9. The Morgan fingerprint density at radius 2 is 1.68 bits per heavy atom. The SMILES string of the molecule is CCN(CC)CCOC(=O)c1ccc(NC(=S)Nc2ccc3c(Cl)c(C(=O)OC)sc3c2)cc1. The number of halogens is 1. The van der Waals surface area contributed by atoms with Gasteiger partial charge in [-0.3, -0.25) is 0 Å². The van der Waals surface area contributed by atoms with Gasteiger partial charge in [0.2, 0.25) is 0 Å². The molecule has 0 fully saturated rings. The number of carbonyl (C=O) groups is 2. The van der Waals surface area contributed by atoms with E-state index in [2.05, 4.69) is 29.4 Å². The predicted octanol–water partition coefficient (Wildman–Crippen LogP) is 5.65. The third-order valence-corrected chi connectivity index (χ3v) is 7.01. The van der Waals surface area contributed by atoms with E-state index in [9.17, 15) is 9.59 Å². The highest BCUT2D eigenvalue weighted by atomic mass is 35.5. The topological polar surface area (TPSA) is 79.9 Å². The fourth-order valence-corrected chi connectivity index (χ4v) is 4.94. The number of hydrogen-bond donors (Lipinski definition) is 2. The number of benzene rings is 2. The minimum atomic E-state index is -0.464. The maximum Gasteiger partial charge on any atom is 0.349 e. The number of rotatable bonds is 9. The molecule has 34 heavy (non-hydrogen) atoms. The number of methoxy groups -OCH3 is 1. The first-order valence-electron chi connectivity index (χ1n) is 10.7. The van der Waals surface area contributed by atoms with Crippen molar-refractivity contribution in [1.82, 2.24) is 4.90 Å². The molecule has 10 heteroatoms. The van der Waals surface area contributed by atoms with Gasteiger partial charge >= 0.3 is 11.9 Å². The molecule has 0 atom stereocenters. The lowest BCUT2D eigenvalue weighted by atomic mass is 10.2. The van der Waals surface area contributed by atoms with Crippen LogP contribution >= 0.6 is 35.2 Å². The standard InChI is InChI=1S/C24H26ClN3O4S2/c1-4-28(5-2)12-13-32-22(29)15-6-8-16(9-7-15)26-24(33)27-17-10-11-18-19(14-17)34-21(20(18)25)23(30)31-3/h6-11,14H,4-5,12-13H2,1-3H3,(H2,26,27,33). The highest BCUT2D eigenvalue weighted by molar-refractivity contribution is 7.80. The lowest BCUT2D eigenvalue weighted by molar-refractivity contribution is 0.0466. The summed E-state index contributed by atoms with van der Waals surface area (Å²) in [5.41, 5.74) is 1.95. The largest absolute Gasteiger partial charge is 0.465 e. The van der Waals surface area contributed by atoms with Crippen molar-refractivity contribution in [3.63, 3.8) is 0 Å². The molecule has 2 N–H and O–H groups in total. The van der Waals surface area contributed by atoms with Crippen LogP contribution in [0.3, 0.4) is 0 Å². The number of carbonyl (C=O) groups excluding carboxylic acids is 2. The summed E-state index contributed by atoms with van der Waals surface area (Å²) in [5, 5.41) is 7.73. The molecule has 0 aliphatic heterocycles. The minimum absolute atomic E-state index is 0.353. The van der Waals surface area contributed by atoms with Crippen LogP contribution in [-0.2, 0) is 9.47 Å². The number of likely N-dealkylation sites (N-methyl/N-ethyl adjacent to an activating group) is 1. The monoisotopic (exact) mass is 519 g/mol. The van der Waals surface area contributed by atoms with Crippen molar-refractivity contribution in [1.29, 1.82) is 0 Å². The summed E-state index contributed by atoms with van der Waals surface area (Å²) in [5.74, 6) is -0.817. The summed E-state index contributed by atoms with van der Waals surface area (Å²) in [6.45, 7) is 7.07. The van der Waals surface area contributed by atoms with Crippen LogP contribution < -0.4 is 10.6 Å². The Morgan fingerprint density at radius 1 is 1.03 bits per heavy atom. The number of thiophene rings is 1. The number of nitrogens with one attached hydrogen (secondary N) is 2. The molecule has 0 aliphatic carbocycles. The van der Waals surface area contributed by atoms with Crippen LogP contribution in [0.15, 0.2) is 42.5 Å². The summed E-state index contributed by atoms with van der Waals surface area (Å²) < 4.78 is 11.0. The van der Waals surface area contributed by atoms with Crippen molar-refractivity contribution < 1.29 is 19.1 Å². The van der Waals surface area contributed by atoms with Crippen LogP contribution in [0.2, 0.25) is 5.02 Å². The molecule has 2 aromatic carbocycles. The van der Waals surface area contributed by atoms with E-state index in [1.807, 2.05) is 18.2 Å². The maximum atomic E-state index is 12.2. The molecule has 1 heterocycles. The third-order valence-electron chi connectivity index (χ3n) is 5.17. The molecule has 0 amide bonds. The Balaban J connectivity index is 1.57. The van der Waals surface area contributed by atoms with Crippen LogP contribution in [0.4, 0.5) is 11.4 Å². The summed E-state index contributed by atoms with van der Waals surface area (Å²) >= 11 is 13.0. The maximum absolute atomic E-state index is 12.2. The van der Waals surface area contributed by atoms with Gasteiger partial charge in [-0.2, -0.15) is 0 Å². The molecule has 0 saturated carbocycles. The molecule has 3 rings (SSSR count). The summed E-state index contributed by atoms with van der Waals surface area (Å²) in [6, 6.07) is 12.4. The number of fused-ring (bicyclic) bond motifs is 1. The molecular weight excluding hydrogens is 494 g/mol. The number of thiocarbonyl (C=S) groups is 1. The van der Waals surface area contributed by atoms with Crippen LogP contribution in [0.25, 0.3) is 10.1 Å². The highest BCUT2D eigenvalue weighted by Crippen LogP contribution is 2.37. The van der Waals surface area contributed by atoms with E-state index in [4.69, 9.17) is 33.3 Å². The van der Waals surface area contributed by atoms with E-state index in [1.54, 1.807) is 24.3 Å². The molecule has 0 spiro atoms. The van der Waals surface area contributed by atoms with E-state index in [0.29, 0.717) is 33.7 Å². The Kier molecular flexibility index (Phi) is 9.23. The third kappa shape index (κ3) is 6.44. The smallest absolute Gasteiger partial charge is 0.349 e.